The van der Waals surface area contributed by atoms with Crippen LogP contribution in [0.1, 0.15) is 39.1 Å². The van der Waals surface area contributed by atoms with Crippen molar-refractivity contribution < 1.29 is 32.3 Å². The number of halogens is 3. The van der Waals surface area contributed by atoms with E-state index in [0.29, 0.717) is 56.7 Å². The summed E-state index contributed by atoms with van der Waals surface area (Å²) in [5, 5.41) is 5.47. The predicted octanol–water partition coefficient (Wildman–Crippen LogP) is 2.77. The molecule has 3 aliphatic heterocycles. The van der Waals surface area contributed by atoms with E-state index >= 15 is 0 Å². The van der Waals surface area contributed by atoms with Crippen molar-refractivity contribution in [1.29, 1.82) is 0 Å². The van der Waals surface area contributed by atoms with Gasteiger partial charge in [-0.15, -0.1) is 0 Å². The third-order valence-corrected chi connectivity index (χ3v) is 8.38. The number of alkyl halides is 3. The molecule has 12 nitrogen and oxygen atoms in total. The zero-order valence-electron chi connectivity index (χ0n) is 24.9. The number of benzene rings is 2. The first-order valence-electron chi connectivity index (χ1n) is 14.8. The van der Waals surface area contributed by atoms with Gasteiger partial charge in [-0.05, 0) is 48.9 Å². The molecule has 15 heteroatoms. The second-order valence-electron chi connectivity index (χ2n) is 11.3. The first-order valence-corrected chi connectivity index (χ1v) is 14.8. The van der Waals surface area contributed by atoms with Crippen LogP contribution < -0.4 is 25.3 Å². The molecule has 6 rings (SSSR count). The van der Waals surface area contributed by atoms with E-state index in [-0.39, 0.29) is 24.0 Å². The molecule has 0 bridgehead atoms. The van der Waals surface area contributed by atoms with Crippen LogP contribution in [0.25, 0.3) is 0 Å². The number of nitrogens with zero attached hydrogens (tertiary/aromatic N) is 6. The Hall–Kier alpha value is -5.21. The Morgan fingerprint density at radius 2 is 1.67 bits per heavy atom. The van der Waals surface area contributed by atoms with Crippen LogP contribution in [0.2, 0.25) is 0 Å². The molecule has 1 aromatic heterocycles. The SMILES string of the molecule is CN(CCNc1ccnc(N2CCN(c3ccc(C(F)(F)F)cc3)CC2)n1)c1cccc2c1C(=O)N(C1CCC(=O)NC1=O)C2=O. The van der Waals surface area contributed by atoms with Gasteiger partial charge in [0.15, 0.2) is 0 Å². The lowest BCUT2D eigenvalue weighted by Crippen LogP contribution is -2.54. The van der Waals surface area contributed by atoms with Gasteiger partial charge < -0.3 is 20.0 Å². The Morgan fingerprint density at radius 3 is 2.37 bits per heavy atom. The summed E-state index contributed by atoms with van der Waals surface area (Å²) < 4.78 is 38.7. The number of piperazine rings is 1. The first-order chi connectivity index (χ1) is 22.0. The molecular formula is C31H31F3N8O4. The number of aromatic nitrogens is 2. The van der Waals surface area contributed by atoms with Crippen LogP contribution in [0.15, 0.2) is 54.7 Å². The number of rotatable bonds is 8. The van der Waals surface area contributed by atoms with E-state index < -0.39 is 41.4 Å². The zero-order chi connectivity index (χ0) is 32.6. The van der Waals surface area contributed by atoms with Crippen molar-refractivity contribution in [2.24, 2.45) is 0 Å². The van der Waals surface area contributed by atoms with Crippen LogP contribution in [-0.2, 0) is 15.8 Å². The average molecular weight is 637 g/mol. The Kier molecular flexibility index (Phi) is 8.23. The molecule has 4 heterocycles. The van der Waals surface area contributed by atoms with Gasteiger partial charge in [0.1, 0.15) is 11.9 Å². The molecular weight excluding hydrogens is 605 g/mol. The second-order valence-corrected chi connectivity index (χ2v) is 11.3. The average Bonchev–Trinajstić information content (AvgIpc) is 3.30. The Balaban J connectivity index is 1.05. The molecule has 3 aromatic rings. The number of carbonyl (C=O) groups excluding carboxylic acids is 4. The summed E-state index contributed by atoms with van der Waals surface area (Å²) in [5.41, 5.74) is 1.03. The van der Waals surface area contributed by atoms with Gasteiger partial charge in [0.05, 0.1) is 22.4 Å². The van der Waals surface area contributed by atoms with Gasteiger partial charge in [0, 0.05) is 64.6 Å². The van der Waals surface area contributed by atoms with Crippen LogP contribution in [0.4, 0.5) is 36.3 Å². The molecule has 1 atom stereocenters. The van der Waals surface area contributed by atoms with Crippen LogP contribution in [0.5, 0.6) is 0 Å². The van der Waals surface area contributed by atoms with Crippen LogP contribution in [0.3, 0.4) is 0 Å². The van der Waals surface area contributed by atoms with Gasteiger partial charge in [-0.1, -0.05) is 6.07 Å². The summed E-state index contributed by atoms with van der Waals surface area (Å²) in [4.78, 5) is 66.4. The second kappa shape index (κ2) is 12.3. The van der Waals surface area contributed by atoms with Crippen molar-refractivity contribution in [1.82, 2.24) is 20.2 Å². The van der Waals surface area contributed by atoms with Gasteiger partial charge >= 0.3 is 6.18 Å². The monoisotopic (exact) mass is 636 g/mol. The van der Waals surface area contributed by atoms with Crippen LogP contribution in [-0.4, -0.2) is 90.9 Å². The highest BCUT2D eigenvalue weighted by molar-refractivity contribution is 6.25. The molecule has 2 aromatic carbocycles. The lowest BCUT2D eigenvalue weighted by molar-refractivity contribution is -0.138. The topological polar surface area (TPSA) is 131 Å². The molecule has 2 saturated heterocycles. The minimum absolute atomic E-state index is 0.0476. The van der Waals surface area contributed by atoms with Gasteiger partial charge in [0.2, 0.25) is 17.8 Å². The molecule has 2 N–H and O–H groups in total. The minimum Gasteiger partial charge on any atom is -0.372 e. The van der Waals surface area contributed by atoms with Crippen LogP contribution in [0, 0.1) is 0 Å². The molecule has 240 valence electrons. The molecule has 4 amide bonds. The molecule has 1 unspecified atom stereocenters. The quantitative estimate of drug-likeness (QED) is 0.356. The summed E-state index contributed by atoms with van der Waals surface area (Å²) in [7, 11) is 1.80. The Bertz CT molecular complexity index is 1670. The summed E-state index contributed by atoms with van der Waals surface area (Å²) in [6.07, 6.45) is -2.59. The van der Waals surface area contributed by atoms with Gasteiger partial charge in [0.25, 0.3) is 11.8 Å². The maximum atomic E-state index is 13.4. The maximum Gasteiger partial charge on any atom is 0.416 e. The van der Waals surface area contributed by atoms with Crippen LogP contribution >= 0.6 is 0 Å². The third-order valence-electron chi connectivity index (χ3n) is 8.38. The maximum absolute atomic E-state index is 13.4. The highest BCUT2D eigenvalue weighted by atomic mass is 19.4. The number of hydrogen-bond acceptors (Lipinski definition) is 10. The fraction of sp³-hybridized carbons (Fsp3) is 0.355. The van der Waals surface area contributed by atoms with E-state index in [0.717, 1.165) is 22.7 Å². The van der Waals surface area contributed by atoms with E-state index in [4.69, 9.17) is 0 Å². The number of likely N-dealkylation sites (N-methyl/N-ethyl adjacent to an activating group) is 1. The summed E-state index contributed by atoms with van der Waals surface area (Å²) >= 11 is 0. The normalized spacial score (nSPS) is 18.5. The van der Waals surface area contributed by atoms with E-state index in [1.54, 1.807) is 37.5 Å². The van der Waals surface area contributed by atoms with Crippen molar-refractivity contribution in [3.63, 3.8) is 0 Å². The third kappa shape index (κ3) is 6.04. The summed E-state index contributed by atoms with van der Waals surface area (Å²) in [6, 6.07) is 10.8. The molecule has 2 fully saturated rings. The molecule has 0 aliphatic carbocycles. The van der Waals surface area contributed by atoms with E-state index in [9.17, 15) is 32.3 Å². The van der Waals surface area contributed by atoms with Crippen molar-refractivity contribution in [2.75, 3.05) is 66.3 Å². The molecule has 3 aliphatic rings. The van der Waals surface area contributed by atoms with Crippen molar-refractivity contribution in [3.8, 4) is 0 Å². The number of carbonyl (C=O) groups is 4. The summed E-state index contributed by atoms with van der Waals surface area (Å²) in [5.74, 6) is -1.09. The highest BCUT2D eigenvalue weighted by Gasteiger charge is 2.46. The van der Waals surface area contributed by atoms with Gasteiger partial charge in [-0.3, -0.25) is 29.4 Å². The molecule has 46 heavy (non-hydrogen) atoms. The number of anilines is 4. The largest absolute Gasteiger partial charge is 0.416 e. The predicted molar refractivity (Wildman–Crippen MR) is 163 cm³/mol. The van der Waals surface area contributed by atoms with Gasteiger partial charge in [-0.25, -0.2) is 4.98 Å². The van der Waals surface area contributed by atoms with E-state index in [1.165, 1.54) is 12.1 Å². The zero-order valence-corrected chi connectivity index (χ0v) is 24.9. The Morgan fingerprint density at radius 1 is 0.957 bits per heavy atom. The number of piperidine rings is 1. The number of fused-ring (bicyclic) bond motifs is 1. The number of hydrogen-bond donors (Lipinski definition) is 2. The van der Waals surface area contributed by atoms with Crippen molar-refractivity contribution in [2.45, 2.75) is 25.1 Å². The lowest BCUT2D eigenvalue weighted by Gasteiger charge is -2.36. The number of imide groups is 2. The van der Waals surface area contributed by atoms with Gasteiger partial charge in [-0.2, -0.15) is 18.2 Å². The first kappa shape index (κ1) is 30.8. The molecule has 0 saturated carbocycles. The summed E-state index contributed by atoms with van der Waals surface area (Å²) in [6.45, 7) is 3.27. The highest BCUT2D eigenvalue weighted by Crippen LogP contribution is 2.34. The number of amides is 4. The minimum atomic E-state index is -4.37. The molecule has 0 radical (unpaired) electrons. The Labute approximate surface area is 262 Å². The van der Waals surface area contributed by atoms with Crippen molar-refractivity contribution >= 4 is 46.8 Å². The fourth-order valence-corrected chi connectivity index (χ4v) is 5.91. The fourth-order valence-electron chi connectivity index (χ4n) is 5.91. The van der Waals surface area contributed by atoms with E-state index in [2.05, 4.69) is 20.6 Å². The smallest absolute Gasteiger partial charge is 0.372 e. The number of nitrogens with one attached hydrogen (secondary N) is 2. The van der Waals surface area contributed by atoms with Crippen molar-refractivity contribution in [3.05, 3.63) is 71.4 Å². The lowest BCUT2D eigenvalue weighted by atomic mass is 10.0. The standard InChI is InChI=1S/C31H31F3N8O4/c1-39(22-4-2-3-21-26(22)29(46)42(28(21)45)23-9-10-25(43)38-27(23)44)14-13-35-24-11-12-36-30(37-24)41-17-15-40(16-18-41)20-7-5-19(6-8-20)31(32,33)34/h2-8,11-12,23H,9-10,13-18H2,1H3,(H,35,36,37)(H,38,43,44). The van der Waals surface area contributed by atoms with E-state index in [1.807, 2.05) is 14.7 Å². The molecule has 0 spiro atoms.